The van der Waals surface area contributed by atoms with Crippen molar-refractivity contribution in [3.05, 3.63) is 52.0 Å². The molecule has 0 saturated carbocycles. The number of carbonyl (C=O) groups excluding carboxylic acids is 2. The van der Waals surface area contributed by atoms with E-state index in [1.54, 1.807) is 4.90 Å². The van der Waals surface area contributed by atoms with Crippen molar-refractivity contribution in [1.29, 1.82) is 0 Å². The Morgan fingerprint density at radius 1 is 1.05 bits per heavy atom. The normalized spacial score (nSPS) is 23.0. The Bertz CT molecular complexity index is 1220. The standard InChI is InChI=1S/C29H37Cl2N4O4/c1-21-19-35(21,2)29(37)39-20-34-26-18-23(10-8-22(26)9-11-27(34)36)38-17-4-3-12-32-13-15-33(16-14-32)25-7-5-6-24(30)28(25)31/h5-8,10,18,21H,3-4,9,11-17,19-20H2,1-2H3/q+1. The highest BCUT2D eigenvalue weighted by atomic mass is 35.5. The smallest absolute Gasteiger partial charge is 0.494 e. The largest absolute Gasteiger partial charge is 0.518 e. The van der Waals surface area contributed by atoms with Crippen LogP contribution in [-0.2, 0) is 16.0 Å². The summed E-state index contributed by atoms with van der Waals surface area (Å²) in [5, 5.41) is 1.22. The van der Waals surface area contributed by atoms with Crippen LogP contribution in [0.25, 0.3) is 0 Å². The number of nitrogens with zero attached hydrogens (tertiary/aromatic N) is 4. The molecule has 3 heterocycles. The van der Waals surface area contributed by atoms with Crippen molar-refractivity contribution in [2.45, 2.75) is 38.6 Å². The van der Waals surface area contributed by atoms with Crippen LogP contribution in [0.3, 0.4) is 0 Å². The van der Waals surface area contributed by atoms with E-state index in [-0.39, 0.29) is 29.3 Å². The fraction of sp³-hybridized carbons (Fsp3) is 0.517. The Balaban J connectivity index is 1.06. The molecule has 2 amide bonds. The molecule has 2 aromatic carbocycles. The molecule has 3 aliphatic heterocycles. The summed E-state index contributed by atoms with van der Waals surface area (Å²) in [6.07, 6.45) is 2.78. The lowest BCUT2D eigenvalue weighted by Crippen LogP contribution is -2.46. The molecule has 2 aromatic rings. The number of benzene rings is 2. The van der Waals surface area contributed by atoms with Crippen molar-refractivity contribution in [2.75, 3.05) is 69.5 Å². The Morgan fingerprint density at radius 3 is 2.56 bits per heavy atom. The lowest BCUT2D eigenvalue weighted by Gasteiger charge is -2.36. The number of amides is 2. The van der Waals surface area contributed by atoms with Gasteiger partial charge < -0.3 is 14.4 Å². The molecule has 0 aromatic heterocycles. The van der Waals surface area contributed by atoms with E-state index in [0.717, 1.165) is 74.8 Å². The molecule has 0 spiro atoms. The Kier molecular flexibility index (Phi) is 8.57. The van der Waals surface area contributed by atoms with Crippen molar-refractivity contribution in [2.24, 2.45) is 0 Å². The number of anilines is 2. The summed E-state index contributed by atoms with van der Waals surface area (Å²) in [5.74, 6) is 0.692. The Labute approximate surface area is 240 Å². The number of carbonyl (C=O) groups is 2. The maximum absolute atomic E-state index is 12.7. The molecule has 0 bridgehead atoms. The molecular formula is C29H37Cl2N4O4+. The SMILES string of the molecule is CC1C[N+]1(C)C(=O)OCN1C(=O)CCc2ccc(OCCCCN3CCN(c4cccc(Cl)c4Cl)CC3)cc21. The summed E-state index contributed by atoms with van der Waals surface area (Å²) in [7, 11) is 1.86. The molecule has 2 saturated heterocycles. The van der Waals surface area contributed by atoms with Gasteiger partial charge in [0.05, 0.1) is 35.1 Å². The molecule has 2 atom stereocenters. The lowest BCUT2D eigenvalue weighted by atomic mass is 10.0. The van der Waals surface area contributed by atoms with Gasteiger partial charge in [0.15, 0.2) is 6.73 Å². The van der Waals surface area contributed by atoms with E-state index in [1.807, 2.05) is 50.4 Å². The molecule has 10 heteroatoms. The highest BCUT2D eigenvalue weighted by molar-refractivity contribution is 6.43. The molecule has 8 nitrogen and oxygen atoms in total. The highest BCUT2D eigenvalue weighted by Gasteiger charge is 2.56. The number of unbranched alkanes of at least 4 members (excludes halogenated alkanes) is 1. The third-order valence-corrected chi connectivity index (χ3v) is 9.06. The maximum Gasteiger partial charge on any atom is 0.518 e. The van der Waals surface area contributed by atoms with Gasteiger partial charge in [-0.2, -0.15) is 4.79 Å². The van der Waals surface area contributed by atoms with Gasteiger partial charge in [0.2, 0.25) is 5.91 Å². The van der Waals surface area contributed by atoms with Gasteiger partial charge >= 0.3 is 6.09 Å². The zero-order chi connectivity index (χ0) is 27.6. The van der Waals surface area contributed by atoms with Crippen molar-refractivity contribution in [3.63, 3.8) is 0 Å². The molecule has 0 aliphatic carbocycles. The van der Waals surface area contributed by atoms with Gasteiger partial charge in [0.1, 0.15) is 18.3 Å². The van der Waals surface area contributed by atoms with Gasteiger partial charge in [-0.25, -0.2) is 4.48 Å². The summed E-state index contributed by atoms with van der Waals surface area (Å²) in [6, 6.07) is 11.9. The number of hydrogen-bond acceptors (Lipinski definition) is 6. The zero-order valence-corrected chi connectivity index (χ0v) is 24.2. The first-order chi connectivity index (χ1) is 18.8. The molecule has 210 valence electrons. The van der Waals surface area contributed by atoms with Gasteiger partial charge in [-0.3, -0.25) is 14.6 Å². The highest BCUT2D eigenvalue weighted by Crippen LogP contribution is 2.34. The first kappa shape index (κ1) is 28.0. The fourth-order valence-electron chi connectivity index (χ4n) is 5.35. The number of fused-ring (bicyclic) bond motifs is 1. The summed E-state index contributed by atoms with van der Waals surface area (Å²) >= 11 is 12.6. The van der Waals surface area contributed by atoms with E-state index in [0.29, 0.717) is 29.5 Å². The van der Waals surface area contributed by atoms with Gasteiger partial charge in [-0.05, 0) is 56.5 Å². The number of hydrogen-bond donors (Lipinski definition) is 0. The zero-order valence-electron chi connectivity index (χ0n) is 22.7. The number of likely N-dealkylation sites (N-methyl/N-ethyl adjacent to an activating group) is 1. The molecule has 0 N–H and O–H groups in total. The number of halogens is 2. The van der Waals surface area contributed by atoms with Crippen LogP contribution in [0.1, 0.15) is 31.7 Å². The molecule has 2 unspecified atom stereocenters. The molecule has 2 fully saturated rings. The van der Waals surface area contributed by atoms with E-state index in [9.17, 15) is 9.59 Å². The minimum Gasteiger partial charge on any atom is -0.494 e. The first-order valence-corrected chi connectivity index (χ1v) is 14.5. The topological polar surface area (TPSA) is 62.3 Å². The molecular weight excluding hydrogens is 539 g/mol. The Hall–Kier alpha value is -2.52. The number of rotatable bonds is 9. The second-order valence-electron chi connectivity index (χ2n) is 10.9. The second kappa shape index (κ2) is 11.9. The van der Waals surface area contributed by atoms with Crippen molar-refractivity contribution in [3.8, 4) is 5.75 Å². The minimum atomic E-state index is -0.287. The molecule has 39 heavy (non-hydrogen) atoms. The number of aryl methyl sites for hydroxylation is 1. The van der Waals surface area contributed by atoms with Crippen molar-refractivity contribution >= 4 is 46.6 Å². The third kappa shape index (κ3) is 6.30. The van der Waals surface area contributed by atoms with Crippen LogP contribution in [0, 0.1) is 0 Å². The van der Waals surface area contributed by atoms with Crippen LogP contribution in [0.2, 0.25) is 10.0 Å². The fourth-order valence-corrected chi connectivity index (χ4v) is 5.76. The van der Waals surface area contributed by atoms with Crippen molar-refractivity contribution < 1.29 is 23.5 Å². The summed E-state index contributed by atoms with van der Waals surface area (Å²) in [5.41, 5.74) is 2.85. The van der Waals surface area contributed by atoms with Crippen LogP contribution in [0.5, 0.6) is 5.75 Å². The number of quaternary nitrogens is 1. The van der Waals surface area contributed by atoms with Crippen LogP contribution in [-0.4, -0.2) is 87.1 Å². The summed E-state index contributed by atoms with van der Waals surface area (Å²) < 4.78 is 11.9. The average Bonchev–Trinajstić information content (AvgIpc) is 3.56. The molecule has 3 aliphatic rings. The molecule has 5 rings (SSSR count). The van der Waals surface area contributed by atoms with Gasteiger partial charge in [0, 0.05) is 38.7 Å². The van der Waals surface area contributed by atoms with Crippen LogP contribution >= 0.6 is 23.2 Å². The van der Waals surface area contributed by atoms with Gasteiger partial charge in [-0.15, -0.1) is 0 Å². The predicted molar refractivity (Wildman–Crippen MR) is 154 cm³/mol. The second-order valence-corrected chi connectivity index (χ2v) is 11.7. The number of piperazine rings is 1. The van der Waals surface area contributed by atoms with Crippen molar-refractivity contribution in [1.82, 2.24) is 4.90 Å². The summed E-state index contributed by atoms with van der Waals surface area (Å²) in [6.45, 7) is 8.18. The Morgan fingerprint density at radius 2 is 1.82 bits per heavy atom. The maximum atomic E-state index is 12.7. The minimum absolute atomic E-state index is 0.0355. The van der Waals surface area contributed by atoms with Crippen LogP contribution in [0.15, 0.2) is 36.4 Å². The van der Waals surface area contributed by atoms with E-state index in [2.05, 4.69) is 9.80 Å². The quantitative estimate of drug-likeness (QED) is 0.233. The predicted octanol–water partition coefficient (Wildman–Crippen LogP) is 5.20. The van der Waals surface area contributed by atoms with Crippen LogP contribution in [0.4, 0.5) is 16.2 Å². The lowest BCUT2D eigenvalue weighted by molar-refractivity contribution is -0.712. The van der Waals surface area contributed by atoms with E-state index >= 15 is 0 Å². The first-order valence-electron chi connectivity index (χ1n) is 13.8. The average molecular weight is 577 g/mol. The van der Waals surface area contributed by atoms with Gasteiger partial charge in [0.25, 0.3) is 0 Å². The van der Waals surface area contributed by atoms with E-state index < -0.39 is 0 Å². The monoisotopic (exact) mass is 575 g/mol. The van der Waals surface area contributed by atoms with E-state index in [4.69, 9.17) is 32.7 Å². The van der Waals surface area contributed by atoms with E-state index in [1.165, 1.54) is 0 Å². The van der Waals surface area contributed by atoms with Crippen LogP contribution < -0.4 is 14.5 Å². The van der Waals surface area contributed by atoms with Gasteiger partial charge in [-0.1, -0.05) is 35.3 Å². The summed E-state index contributed by atoms with van der Waals surface area (Å²) in [4.78, 5) is 31.5. The number of ether oxygens (including phenoxy) is 2. The third-order valence-electron chi connectivity index (χ3n) is 8.26. The molecule has 0 radical (unpaired) electrons.